The van der Waals surface area contributed by atoms with E-state index in [4.69, 9.17) is 4.99 Å². The summed E-state index contributed by atoms with van der Waals surface area (Å²) in [6.45, 7) is 4.42. The average Bonchev–Trinajstić information content (AvgIpc) is 3.42. The summed E-state index contributed by atoms with van der Waals surface area (Å²) in [5.41, 5.74) is 4.58. The summed E-state index contributed by atoms with van der Waals surface area (Å²) in [6.07, 6.45) is 6.73. The van der Waals surface area contributed by atoms with Crippen molar-refractivity contribution in [1.82, 2.24) is 19.4 Å². The van der Waals surface area contributed by atoms with Gasteiger partial charge in [0.2, 0.25) is 0 Å². The summed E-state index contributed by atoms with van der Waals surface area (Å²) in [5, 5.41) is 1.16. The first-order chi connectivity index (χ1) is 13.8. The van der Waals surface area contributed by atoms with Crippen molar-refractivity contribution < 1.29 is 0 Å². The van der Waals surface area contributed by atoms with Gasteiger partial charge in [0.15, 0.2) is 5.17 Å². The highest BCUT2D eigenvalue weighted by Gasteiger charge is 2.46. The van der Waals surface area contributed by atoms with Gasteiger partial charge in [0.05, 0.1) is 17.6 Å². The maximum Gasteiger partial charge on any atom is 0.160 e. The normalized spacial score (nSPS) is 23.7. The van der Waals surface area contributed by atoms with E-state index in [0.717, 1.165) is 28.7 Å². The van der Waals surface area contributed by atoms with Gasteiger partial charge in [0.1, 0.15) is 12.1 Å². The molecule has 5 heterocycles. The Morgan fingerprint density at radius 2 is 2.04 bits per heavy atom. The summed E-state index contributed by atoms with van der Waals surface area (Å²) in [4.78, 5) is 16.7. The molecule has 0 N–H and O–H groups in total. The third-order valence-electron chi connectivity index (χ3n) is 5.64. The third kappa shape index (κ3) is 2.75. The molecule has 1 fully saturated rings. The second-order valence-corrected chi connectivity index (χ2v) is 8.27. The van der Waals surface area contributed by atoms with Crippen LogP contribution in [0.15, 0.2) is 66.0 Å². The van der Waals surface area contributed by atoms with Crippen LogP contribution in [0.2, 0.25) is 0 Å². The van der Waals surface area contributed by atoms with Crippen molar-refractivity contribution in [3.63, 3.8) is 0 Å². The molecule has 0 amide bonds. The summed E-state index contributed by atoms with van der Waals surface area (Å²) in [5.74, 6) is 1.10. The standard InChI is InChI=1S/C22H23N5S/c1-3-16-14-28-22-25-20(18-8-4-5-12-24-18)21(27(16)22)19-10-9-15(2)26(19)17-7-6-11-23-13-17/h4-13,16,20-21H,3,14H2,1-2H3/t16-,20-,21-/m1/s1. The summed E-state index contributed by atoms with van der Waals surface area (Å²) in [7, 11) is 0. The van der Waals surface area contributed by atoms with Crippen LogP contribution in [0, 0.1) is 6.92 Å². The number of aliphatic imine (C=N–C) groups is 1. The Labute approximate surface area is 169 Å². The minimum atomic E-state index is 0.00257. The molecule has 2 aliphatic heterocycles. The number of aryl methyl sites for hydroxylation is 1. The van der Waals surface area contributed by atoms with Crippen LogP contribution in [0.4, 0.5) is 0 Å². The van der Waals surface area contributed by atoms with Crippen LogP contribution in [-0.2, 0) is 0 Å². The lowest BCUT2D eigenvalue weighted by atomic mass is 9.99. The molecule has 0 bridgehead atoms. The number of fused-ring (bicyclic) bond motifs is 1. The van der Waals surface area contributed by atoms with Crippen LogP contribution in [0.3, 0.4) is 0 Å². The lowest BCUT2D eigenvalue weighted by molar-refractivity contribution is 0.248. The molecule has 3 aromatic rings. The second-order valence-electron chi connectivity index (χ2n) is 7.28. The zero-order valence-corrected chi connectivity index (χ0v) is 16.9. The molecule has 5 nitrogen and oxygen atoms in total. The number of amidine groups is 1. The largest absolute Gasteiger partial charge is 0.337 e. The fraction of sp³-hybridized carbons (Fsp3) is 0.318. The molecule has 2 aliphatic rings. The van der Waals surface area contributed by atoms with Gasteiger partial charge in [-0.3, -0.25) is 15.0 Å². The van der Waals surface area contributed by atoms with Crippen LogP contribution in [0.25, 0.3) is 5.69 Å². The fourth-order valence-electron chi connectivity index (χ4n) is 4.30. The molecular weight excluding hydrogens is 366 g/mol. The van der Waals surface area contributed by atoms with Crippen molar-refractivity contribution in [3.8, 4) is 5.69 Å². The van der Waals surface area contributed by atoms with Crippen molar-refractivity contribution in [1.29, 1.82) is 0 Å². The number of hydrogen-bond donors (Lipinski definition) is 0. The summed E-state index contributed by atoms with van der Waals surface area (Å²) < 4.78 is 2.32. The second kappa shape index (κ2) is 7.09. The SMILES string of the molecule is CC[C@@H]1CSC2=N[C@H](c3ccccn3)[C@@H](c3ccc(C)n3-c3cccnc3)N21. The molecule has 3 aromatic heterocycles. The maximum absolute atomic E-state index is 5.13. The highest BCUT2D eigenvalue weighted by molar-refractivity contribution is 8.14. The number of hydrogen-bond acceptors (Lipinski definition) is 5. The fourth-order valence-corrected chi connectivity index (χ4v) is 5.64. The average molecular weight is 390 g/mol. The first kappa shape index (κ1) is 17.5. The molecular formula is C22H23N5S. The first-order valence-corrected chi connectivity index (χ1v) is 10.7. The van der Waals surface area contributed by atoms with Crippen molar-refractivity contribution in [2.75, 3.05) is 5.75 Å². The minimum absolute atomic E-state index is 0.00257. The maximum atomic E-state index is 5.13. The molecule has 0 unspecified atom stereocenters. The molecule has 3 atom stereocenters. The highest BCUT2D eigenvalue weighted by Crippen LogP contribution is 2.49. The summed E-state index contributed by atoms with van der Waals surface area (Å²) >= 11 is 1.88. The molecule has 5 rings (SSSR count). The molecule has 0 aliphatic carbocycles. The van der Waals surface area contributed by atoms with Gasteiger partial charge in [0.25, 0.3) is 0 Å². The van der Waals surface area contributed by atoms with E-state index in [-0.39, 0.29) is 12.1 Å². The Hall–Kier alpha value is -2.60. The van der Waals surface area contributed by atoms with E-state index < -0.39 is 0 Å². The van der Waals surface area contributed by atoms with Crippen molar-refractivity contribution in [2.24, 2.45) is 4.99 Å². The van der Waals surface area contributed by atoms with Gasteiger partial charge in [0, 0.05) is 35.6 Å². The van der Waals surface area contributed by atoms with Crippen LogP contribution < -0.4 is 0 Å². The third-order valence-corrected chi connectivity index (χ3v) is 6.77. The van der Waals surface area contributed by atoms with Crippen LogP contribution in [0.5, 0.6) is 0 Å². The number of pyridine rings is 2. The van der Waals surface area contributed by atoms with E-state index in [1.165, 1.54) is 11.4 Å². The van der Waals surface area contributed by atoms with Crippen LogP contribution in [0.1, 0.15) is 42.5 Å². The van der Waals surface area contributed by atoms with Gasteiger partial charge in [-0.25, -0.2) is 0 Å². The highest BCUT2D eigenvalue weighted by atomic mass is 32.2. The topological polar surface area (TPSA) is 46.3 Å². The van der Waals surface area contributed by atoms with E-state index in [1.807, 2.05) is 42.5 Å². The van der Waals surface area contributed by atoms with Gasteiger partial charge in [-0.05, 0) is 49.7 Å². The zero-order valence-electron chi connectivity index (χ0n) is 16.1. The van der Waals surface area contributed by atoms with Gasteiger partial charge in [-0.2, -0.15) is 0 Å². The smallest absolute Gasteiger partial charge is 0.160 e. The van der Waals surface area contributed by atoms with Crippen molar-refractivity contribution in [2.45, 2.75) is 38.4 Å². The molecule has 6 heteroatoms. The Balaban J connectivity index is 1.66. The molecule has 28 heavy (non-hydrogen) atoms. The van der Waals surface area contributed by atoms with E-state index in [1.54, 1.807) is 0 Å². The number of rotatable bonds is 4. The lowest BCUT2D eigenvalue weighted by Crippen LogP contribution is -2.36. The van der Waals surface area contributed by atoms with Gasteiger partial charge in [-0.15, -0.1) is 0 Å². The van der Waals surface area contributed by atoms with E-state index >= 15 is 0 Å². The van der Waals surface area contributed by atoms with Crippen molar-refractivity contribution in [3.05, 3.63) is 78.1 Å². The number of nitrogens with zero attached hydrogens (tertiary/aromatic N) is 5. The van der Waals surface area contributed by atoms with Crippen LogP contribution in [-0.4, -0.2) is 36.4 Å². The Kier molecular flexibility index (Phi) is 4.43. The molecule has 0 saturated carbocycles. The summed E-state index contributed by atoms with van der Waals surface area (Å²) in [6, 6.07) is 15.3. The zero-order chi connectivity index (χ0) is 19.1. The Morgan fingerprint density at radius 3 is 2.79 bits per heavy atom. The molecule has 0 radical (unpaired) electrons. The van der Waals surface area contributed by atoms with Gasteiger partial charge in [-0.1, -0.05) is 24.8 Å². The molecule has 1 saturated heterocycles. The van der Waals surface area contributed by atoms with E-state index in [2.05, 4.69) is 63.6 Å². The predicted octanol–water partition coefficient (Wildman–Crippen LogP) is 4.56. The monoisotopic (exact) mass is 389 g/mol. The molecule has 0 aromatic carbocycles. The van der Waals surface area contributed by atoms with Gasteiger partial charge < -0.3 is 9.47 Å². The van der Waals surface area contributed by atoms with Gasteiger partial charge >= 0.3 is 0 Å². The minimum Gasteiger partial charge on any atom is -0.337 e. The Morgan fingerprint density at radius 1 is 1.11 bits per heavy atom. The number of aromatic nitrogens is 3. The van der Waals surface area contributed by atoms with E-state index in [9.17, 15) is 0 Å². The van der Waals surface area contributed by atoms with Crippen molar-refractivity contribution >= 4 is 16.9 Å². The Bertz CT molecular complexity index is 998. The quantitative estimate of drug-likeness (QED) is 0.656. The van der Waals surface area contributed by atoms with Crippen LogP contribution >= 0.6 is 11.8 Å². The first-order valence-electron chi connectivity index (χ1n) is 9.76. The lowest BCUT2D eigenvalue weighted by Gasteiger charge is -2.32. The number of thioether (sulfide) groups is 1. The predicted molar refractivity (Wildman–Crippen MR) is 114 cm³/mol. The molecule has 142 valence electrons. The van der Waals surface area contributed by atoms with E-state index in [0.29, 0.717) is 6.04 Å². The molecule has 0 spiro atoms.